The highest BCUT2D eigenvalue weighted by Crippen LogP contribution is 2.39. The first-order valence-corrected chi connectivity index (χ1v) is 8.80. The molecule has 0 spiro atoms. The zero-order valence-corrected chi connectivity index (χ0v) is 14.6. The molecule has 0 saturated carbocycles. The molecule has 0 bridgehead atoms. The molecular formula is C20H18ClFN2O. The van der Waals surface area contributed by atoms with Gasteiger partial charge in [-0.05, 0) is 67.2 Å². The number of rotatable bonds is 2. The highest BCUT2D eigenvalue weighted by molar-refractivity contribution is 6.29. The van der Waals surface area contributed by atoms with Gasteiger partial charge in [-0.25, -0.2) is 9.38 Å². The quantitative estimate of drug-likeness (QED) is 0.690. The number of aliphatic imine (C=N–C) groups is 1. The first-order valence-electron chi connectivity index (χ1n) is 8.42. The lowest BCUT2D eigenvalue weighted by Gasteiger charge is -2.28. The maximum Gasteiger partial charge on any atom is 0.148 e. The van der Waals surface area contributed by atoms with Gasteiger partial charge in [-0.1, -0.05) is 17.7 Å². The number of allylic oxidation sites excluding steroid dienone is 1. The van der Waals surface area contributed by atoms with E-state index >= 15 is 0 Å². The van der Waals surface area contributed by atoms with Gasteiger partial charge in [-0.3, -0.25) is 4.98 Å². The maximum absolute atomic E-state index is 14.0. The molecule has 3 nitrogen and oxygen atoms in total. The molecule has 0 N–H and O–H groups in total. The van der Waals surface area contributed by atoms with Crippen molar-refractivity contribution < 1.29 is 9.13 Å². The Kier molecular flexibility index (Phi) is 4.30. The average Bonchev–Trinajstić information content (AvgIpc) is 2.62. The number of halogens is 2. The summed E-state index contributed by atoms with van der Waals surface area (Å²) in [5, 5.41) is 0.536. The summed E-state index contributed by atoms with van der Waals surface area (Å²) >= 11 is 5.92. The van der Waals surface area contributed by atoms with Crippen LogP contribution in [-0.4, -0.2) is 11.2 Å². The molecular weight excluding hydrogens is 339 g/mol. The smallest absolute Gasteiger partial charge is 0.148 e. The first kappa shape index (κ1) is 16.3. The zero-order valence-electron chi connectivity index (χ0n) is 13.9. The molecule has 3 heterocycles. The number of aromatic nitrogens is 1. The van der Waals surface area contributed by atoms with Gasteiger partial charge < -0.3 is 4.74 Å². The third-order valence-electron chi connectivity index (χ3n) is 4.80. The van der Waals surface area contributed by atoms with E-state index in [2.05, 4.69) is 29.0 Å². The van der Waals surface area contributed by atoms with Crippen LogP contribution in [0.5, 0.6) is 5.75 Å². The van der Waals surface area contributed by atoms with Gasteiger partial charge in [0.2, 0.25) is 0 Å². The number of aryl methyl sites for hydroxylation is 2. The normalized spacial score (nSPS) is 22.1. The molecule has 25 heavy (non-hydrogen) atoms. The Morgan fingerprint density at radius 1 is 1.32 bits per heavy atom. The molecule has 0 saturated heterocycles. The number of hydrogen-bond donors (Lipinski definition) is 0. The Balaban J connectivity index is 1.65. The number of nitrogens with zero attached hydrogens (tertiary/aromatic N) is 2. The molecule has 0 amide bonds. The molecule has 2 unspecified atom stereocenters. The van der Waals surface area contributed by atoms with Crippen LogP contribution < -0.4 is 4.74 Å². The maximum atomic E-state index is 14.0. The third-order valence-corrected chi connectivity index (χ3v) is 5.06. The van der Waals surface area contributed by atoms with E-state index in [1.54, 1.807) is 12.3 Å². The number of benzene rings is 1. The van der Waals surface area contributed by atoms with Crippen LogP contribution in [-0.2, 0) is 6.42 Å². The van der Waals surface area contributed by atoms with Crippen molar-refractivity contribution in [1.29, 1.82) is 0 Å². The van der Waals surface area contributed by atoms with Gasteiger partial charge >= 0.3 is 0 Å². The van der Waals surface area contributed by atoms with E-state index in [0.29, 0.717) is 10.9 Å². The lowest BCUT2D eigenvalue weighted by Crippen LogP contribution is -2.18. The lowest BCUT2D eigenvalue weighted by molar-refractivity contribution is 0.167. The van der Waals surface area contributed by atoms with Crippen molar-refractivity contribution in [2.24, 2.45) is 4.99 Å². The van der Waals surface area contributed by atoms with Gasteiger partial charge in [0.25, 0.3) is 0 Å². The van der Waals surface area contributed by atoms with Crippen LogP contribution in [0.2, 0.25) is 0 Å². The van der Waals surface area contributed by atoms with Crippen LogP contribution in [0.1, 0.15) is 47.2 Å². The van der Waals surface area contributed by atoms with E-state index in [4.69, 9.17) is 16.3 Å². The lowest BCUT2D eigenvalue weighted by atomic mass is 9.88. The standard InChI is InChI=1S/C20H18ClFN2O/c1-12-9-13-4-6-17(20-16(22)3-2-8-23-20)25-18(13)10-15(12)14-5-7-19(21)24-11-14/h2-3,7-11,14,17H,4-6H2,1H3. The molecule has 2 atom stereocenters. The third kappa shape index (κ3) is 3.19. The summed E-state index contributed by atoms with van der Waals surface area (Å²) in [6, 6.07) is 7.26. The van der Waals surface area contributed by atoms with Crippen molar-refractivity contribution in [3.8, 4) is 5.75 Å². The van der Waals surface area contributed by atoms with Crippen molar-refractivity contribution in [2.45, 2.75) is 38.2 Å². The summed E-state index contributed by atoms with van der Waals surface area (Å²) < 4.78 is 20.2. The Labute approximate surface area is 151 Å². The fourth-order valence-corrected chi connectivity index (χ4v) is 3.65. The van der Waals surface area contributed by atoms with Gasteiger partial charge in [-0.15, -0.1) is 0 Å². The Morgan fingerprint density at radius 2 is 2.20 bits per heavy atom. The van der Waals surface area contributed by atoms with Crippen LogP contribution in [0.4, 0.5) is 4.39 Å². The van der Waals surface area contributed by atoms with Crippen molar-refractivity contribution in [1.82, 2.24) is 4.98 Å². The van der Waals surface area contributed by atoms with Crippen LogP contribution in [0.15, 0.2) is 46.7 Å². The number of fused-ring (bicyclic) bond motifs is 1. The molecule has 128 valence electrons. The second-order valence-electron chi connectivity index (χ2n) is 6.48. The largest absolute Gasteiger partial charge is 0.484 e. The summed E-state index contributed by atoms with van der Waals surface area (Å²) in [5.41, 5.74) is 3.93. The molecule has 4 rings (SSSR count). The second-order valence-corrected chi connectivity index (χ2v) is 6.87. The topological polar surface area (TPSA) is 34.5 Å². The SMILES string of the molecule is Cc1cc2c(cc1C1C=NC(Cl)=CC1)OC(c1ncccc1F)CC2. The van der Waals surface area contributed by atoms with Crippen molar-refractivity contribution in [3.63, 3.8) is 0 Å². The van der Waals surface area contributed by atoms with Gasteiger partial charge in [0.05, 0.1) is 0 Å². The monoisotopic (exact) mass is 356 g/mol. The van der Waals surface area contributed by atoms with E-state index in [1.165, 1.54) is 17.2 Å². The van der Waals surface area contributed by atoms with E-state index in [1.807, 2.05) is 12.3 Å². The number of pyridine rings is 1. The Hall–Kier alpha value is -2.20. The van der Waals surface area contributed by atoms with E-state index in [0.717, 1.165) is 30.6 Å². The highest BCUT2D eigenvalue weighted by atomic mass is 35.5. The minimum Gasteiger partial charge on any atom is -0.484 e. The molecule has 0 radical (unpaired) electrons. The predicted octanol–water partition coefficient (Wildman–Crippen LogP) is 5.23. The van der Waals surface area contributed by atoms with Crippen molar-refractivity contribution >= 4 is 17.8 Å². The molecule has 1 aromatic heterocycles. The van der Waals surface area contributed by atoms with Crippen molar-refractivity contribution in [3.05, 3.63) is 69.9 Å². The van der Waals surface area contributed by atoms with Crippen LogP contribution in [0, 0.1) is 12.7 Å². The van der Waals surface area contributed by atoms with Gasteiger partial charge in [0.15, 0.2) is 0 Å². The molecule has 2 aromatic rings. The summed E-state index contributed by atoms with van der Waals surface area (Å²) in [6.07, 6.45) is 7.46. The summed E-state index contributed by atoms with van der Waals surface area (Å²) in [5.74, 6) is 0.682. The minimum atomic E-state index is -0.349. The molecule has 5 heteroatoms. The highest BCUT2D eigenvalue weighted by Gasteiger charge is 2.26. The van der Waals surface area contributed by atoms with Gasteiger partial charge in [-0.2, -0.15) is 0 Å². The van der Waals surface area contributed by atoms with E-state index in [9.17, 15) is 4.39 Å². The van der Waals surface area contributed by atoms with Gasteiger partial charge in [0.1, 0.15) is 28.5 Å². The second kappa shape index (κ2) is 6.60. The fraction of sp³-hybridized carbons (Fsp3) is 0.300. The average molecular weight is 357 g/mol. The molecule has 1 aromatic carbocycles. The zero-order chi connectivity index (χ0) is 17.4. The first-order chi connectivity index (χ1) is 12.1. The van der Waals surface area contributed by atoms with Crippen molar-refractivity contribution in [2.75, 3.05) is 0 Å². The summed E-state index contributed by atoms with van der Waals surface area (Å²) in [7, 11) is 0. The number of hydrogen-bond acceptors (Lipinski definition) is 3. The Bertz CT molecular complexity index is 878. The van der Waals surface area contributed by atoms with E-state index < -0.39 is 0 Å². The number of ether oxygens (including phenoxy) is 1. The molecule has 2 aliphatic heterocycles. The van der Waals surface area contributed by atoms with Crippen LogP contribution in [0.25, 0.3) is 0 Å². The fourth-order valence-electron chi connectivity index (χ4n) is 3.50. The molecule has 0 aliphatic carbocycles. The van der Waals surface area contributed by atoms with Gasteiger partial charge in [0, 0.05) is 18.3 Å². The molecule has 0 fully saturated rings. The summed E-state index contributed by atoms with van der Waals surface area (Å²) in [6.45, 7) is 2.11. The summed E-state index contributed by atoms with van der Waals surface area (Å²) in [4.78, 5) is 8.39. The van der Waals surface area contributed by atoms with E-state index in [-0.39, 0.29) is 17.8 Å². The molecule has 2 aliphatic rings. The van der Waals surface area contributed by atoms with Crippen LogP contribution in [0.3, 0.4) is 0 Å². The predicted molar refractivity (Wildman–Crippen MR) is 96.9 cm³/mol. The Morgan fingerprint density at radius 3 is 2.96 bits per heavy atom. The minimum absolute atomic E-state index is 0.184. The van der Waals surface area contributed by atoms with Crippen LogP contribution >= 0.6 is 11.6 Å².